The molecule has 1 aliphatic heterocycles. The molecular formula is C17H20N2O3. The molecule has 1 aliphatic rings. The summed E-state index contributed by atoms with van der Waals surface area (Å²) in [5, 5.41) is 0. The number of ether oxygens (including phenoxy) is 3. The van der Waals surface area contributed by atoms with Gasteiger partial charge >= 0.3 is 0 Å². The lowest BCUT2D eigenvalue weighted by molar-refractivity contribution is 0.122. The number of rotatable bonds is 6. The third-order valence-electron chi connectivity index (χ3n) is 3.44. The van der Waals surface area contributed by atoms with Gasteiger partial charge in [0.05, 0.1) is 13.2 Å². The number of hydrogen-bond acceptors (Lipinski definition) is 5. The van der Waals surface area contributed by atoms with Crippen molar-refractivity contribution in [2.45, 2.75) is 0 Å². The molecule has 1 fully saturated rings. The second kappa shape index (κ2) is 7.66. The van der Waals surface area contributed by atoms with Crippen LogP contribution in [0.15, 0.2) is 48.7 Å². The van der Waals surface area contributed by atoms with Crippen LogP contribution in [0.25, 0.3) is 0 Å². The van der Waals surface area contributed by atoms with Gasteiger partial charge in [-0.25, -0.2) is 4.98 Å². The van der Waals surface area contributed by atoms with Crippen LogP contribution in [0.3, 0.4) is 0 Å². The molecule has 0 saturated carbocycles. The van der Waals surface area contributed by atoms with Gasteiger partial charge in [0.15, 0.2) is 0 Å². The SMILES string of the molecule is c1ccc(OCCOc2cc(N3CCOCC3)ccn2)cc1. The predicted octanol–water partition coefficient (Wildman–Crippen LogP) is 2.38. The minimum absolute atomic E-state index is 0.467. The summed E-state index contributed by atoms with van der Waals surface area (Å²) in [4.78, 5) is 6.52. The topological polar surface area (TPSA) is 43.8 Å². The maximum atomic E-state index is 5.67. The lowest BCUT2D eigenvalue weighted by Crippen LogP contribution is -2.36. The van der Waals surface area contributed by atoms with Crippen molar-refractivity contribution >= 4 is 5.69 Å². The number of benzene rings is 1. The summed E-state index contributed by atoms with van der Waals surface area (Å²) < 4.78 is 16.6. The van der Waals surface area contributed by atoms with Crippen molar-refractivity contribution in [3.8, 4) is 11.6 Å². The average Bonchev–Trinajstić information content (AvgIpc) is 2.61. The lowest BCUT2D eigenvalue weighted by Gasteiger charge is -2.28. The first kappa shape index (κ1) is 14.7. The Labute approximate surface area is 130 Å². The Morgan fingerprint density at radius 2 is 1.77 bits per heavy atom. The van der Waals surface area contributed by atoms with Gasteiger partial charge in [-0.3, -0.25) is 0 Å². The molecule has 2 heterocycles. The van der Waals surface area contributed by atoms with Gasteiger partial charge in [-0.05, 0) is 18.2 Å². The molecule has 0 aliphatic carbocycles. The fraction of sp³-hybridized carbons (Fsp3) is 0.353. The molecule has 116 valence electrons. The van der Waals surface area contributed by atoms with Gasteiger partial charge < -0.3 is 19.1 Å². The largest absolute Gasteiger partial charge is 0.490 e. The molecule has 1 aromatic carbocycles. The average molecular weight is 300 g/mol. The zero-order chi connectivity index (χ0) is 15.0. The molecule has 1 saturated heterocycles. The fourth-order valence-electron chi connectivity index (χ4n) is 2.32. The first-order valence-corrected chi connectivity index (χ1v) is 7.51. The van der Waals surface area contributed by atoms with Crippen molar-refractivity contribution < 1.29 is 14.2 Å². The number of morpholine rings is 1. The Morgan fingerprint density at radius 1 is 1.00 bits per heavy atom. The van der Waals surface area contributed by atoms with Crippen LogP contribution in [0.1, 0.15) is 0 Å². The highest BCUT2D eigenvalue weighted by atomic mass is 16.5. The van der Waals surface area contributed by atoms with Gasteiger partial charge in [-0.15, -0.1) is 0 Å². The molecule has 0 radical (unpaired) electrons. The summed E-state index contributed by atoms with van der Waals surface area (Å²) in [6.07, 6.45) is 1.78. The fourth-order valence-corrected chi connectivity index (χ4v) is 2.32. The third kappa shape index (κ3) is 4.11. The number of aromatic nitrogens is 1. The van der Waals surface area contributed by atoms with Crippen molar-refractivity contribution in [2.24, 2.45) is 0 Å². The van der Waals surface area contributed by atoms with Gasteiger partial charge in [0, 0.05) is 31.0 Å². The van der Waals surface area contributed by atoms with Crippen LogP contribution in [0.5, 0.6) is 11.6 Å². The number of hydrogen-bond donors (Lipinski definition) is 0. The molecule has 5 nitrogen and oxygen atoms in total. The van der Waals surface area contributed by atoms with Crippen molar-refractivity contribution in [3.63, 3.8) is 0 Å². The maximum absolute atomic E-state index is 5.67. The van der Waals surface area contributed by atoms with Gasteiger partial charge in [-0.1, -0.05) is 18.2 Å². The van der Waals surface area contributed by atoms with E-state index in [1.165, 1.54) is 0 Å². The van der Waals surface area contributed by atoms with E-state index in [9.17, 15) is 0 Å². The van der Waals surface area contributed by atoms with E-state index in [0.717, 1.165) is 37.7 Å². The first-order valence-electron chi connectivity index (χ1n) is 7.51. The third-order valence-corrected chi connectivity index (χ3v) is 3.44. The highest BCUT2D eigenvalue weighted by molar-refractivity contribution is 5.48. The quantitative estimate of drug-likeness (QED) is 0.766. The number of para-hydroxylation sites is 1. The summed E-state index contributed by atoms with van der Waals surface area (Å²) in [6.45, 7) is 4.30. The van der Waals surface area contributed by atoms with Gasteiger partial charge in [0.1, 0.15) is 19.0 Å². The first-order chi connectivity index (χ1) is 10.9. The Bertz CT molecular complexity index is 571. The standard InChI is InChI=1S/C17H20N2O3/c1-2-4-16(5-3-1)21-12-13-22-17-14-15(6-7-18-17)19-8-10-20-11-9-19/h1-7,14H,8-13H2. The van der Waals surface area contributed by atoms with E-state index in [-0.39, 0.29) is 0 Å². The Morgan fingerprint density at radius 3 is 2.59 bits per heavy atom. The molecule has 0 atom stereocenters. The second-order valence-electron chi connectivity index (χ2n) is 4.96. The Balaban J connectivity index is 1.48. The van der Waals surface area contributed by atoms with E-state index in [1.807, 2.05) is 42.5 Å². The summed E-state index contributed by atoms with van der Waals surface area (Å²) in [7, 11) is 0. The minimum atomic E-state index is 0.467. The highest BCUT2D eigenvalue weighted by Gasteiger charge is 2.11. The van der Waals surface area contributed by atoms with Crippen LogP contribution in [0.4, 0.5) is 5.69 Å². The summed E-state index contributed by atoms with van der Waals surface area (Å²) in [6, 6.07) is 13.7. The molecule has 0 bridgehead atoms. The zero-order valence-electron chi connectivity index (χ0n) is 12.5. The molecule has 5 heteroatoms. The van der Waals surface area contributed by atoms with E-state index in [0.29, 0.717) is 19.1 Å². The predicted molar refractivity (Wildman–Crippen MR) is 84.7 cm³/mol. The van der Waals surface area contributed by atoms with E-state index in [2.05, 4.69) is 9.88 Å². The summed E-state index contributed by atoms with van der Waals surface area (Å²) in [5.74, 6) is 1.47. The molecule has 0 N–H and O–H groups in total. The monoisotopic (exact) mass is 300 g/mol. The summed E-state index contributed by atoms with van der Waals surface area (Å²) >= 11 is 0. The molecule has 22 heavy (non-hydrogen) atoms. The van der Waals surface area contributed by atoms with Gasteiger partial charge in [0.2, 0.25) is 5.88 Å². The van der Waals surface area contributed by atoms with Crippen LogP contribution < -0.4 is 14.4 Å². The van der Waals surface area contributed by atoms with Crippen molar-refractivity contribution in [1.29, 1.82) is 0 Å². The molecule has 0 spiro atoms. The van der Waals surface area contributed by atoms with Crippen LogP contribution in [-0.4, -0.2) is 44.5 Å². The second-order valence-corrected chi connectivity index (χ2v) is 4.96. The molecule has 0 unspecified atom stereocenters. The number of pyridine rings is 1. The van der Waals surface area contributed by atoms with Crippen molar-refractivity contribution in [1.82, 2.24) is 4.98 Å². The van der Waals surface area contributed by atoms with Crippen LogP contribution in [-0.2, 0) is 4.74 Å². The number of nitrogens with zero attached hydrogens (tertiary/aromatic N) is 2. The number of anilines is 1. The normalized spacial score (nSPS) is 14.6. The molecule has 2 aromatic rings. The molecule has 0 amide bonds. The van der Waals surface area contributed by atoms with Crippen LogP contribution in [0.2, 0.25) is 0 Å². The van der Waals surface area contributed by atoms with Crippen molar-refractivity contribution in [2.75, 3.05) is 44.4 Å². The van der Waals surface area contributed by atoms with E-state index in [1.54, 1.807) is 6.20 Å². The van der Waals surface area contributed by atoms with E-state index < -0.39 is 0 Å². The lowest BCUT2D eigenvalue weighted by atomic mass is 10.3. The van der Waals surface area contributed by atoms with Crippen molar-refractivity contribution in [3.05, 3.63) is 48.7 Å². The van der Waals surface area contributed by atoms with E-state index >= 15 is 0 Å². The summed E-state index contributed by atoms with van der Waals surface area (Å²) in [5.41, 5.74) is 1.12. The molecule has 1 aromatic heterocycles. The minimum Gasteiger partial charge on any atom is -0.490 e. The zero-order valence-corrected chi connectivity index (χ0v) is 12.5. The van der Waals surface area contributed by atoms with Crippen LogP contribution >= 0.6 is 0 Å². The van der Waals surface area contributed by atoms with E-state index in [4.69, 9.17) is 14.2 Å². The van der Waals surface area contributed by atoms with Gasteiger partial charge in [0.25, 0.3) is 0 Å². The Hall–Kier alpha value is -2.27. The molecular weight excluding hydrogens is 280 g/mol. The highest BCUT2D eigenvalue weighted by Crippen LogP contribution is 2.19. The molecule has 3 rings (SSSR count). The Kier molecular flexibility index (Phi) is 5.10. The van der Waals surface area contributed by atoms with Crippen LogP contribution in [0, 0.1) is 0 Å². The smallest absolute Gasteiger partial charge is 0.215 e. The maximum Gasteiger partial charge on any atom is 0.215 e. The van der Waals surface area contributed by atoms with Gasteiger partial charge in [-0.2, -0.15) is 0 Å².